The van der Waals surface area contributed by atoms with Crippen LogP contribution in [0.5, 0.6) is 0 Å². The summed E-state index contributed by atoms with van der Waals surface area (Å²) in [6, 6.07) is 21.9. The van der Waals surface area contributed by atoms with Gasteiger partial charge in [0.05, 0.1) is 0 Å². The molecule has 0 aliphatic rings. The van der Waals surface area contributed by atoms with E-state index in [1.54, 1.807) is 0 Å². The summed E-state index contributed by atoms with van der Waals surface area (Å²) in [5.74, 6) is 0. The summed E-state index contributed by atoms with van der Waals surface area (Å²) < 4.78 is 0. The molecule has 0 atom stereocenters. The van der Waals surface area contributed by atoms with E-state index in [4.69, 9.17) is 0 Å². The Morgan fingerprint density at radius 3 is 1.00 bits per heavy atom. The van der Waals surface area contributed by atoms with Gasteiger partial charge in [-0.25, -0.2) is 0 Å². The quantitative estimate of drug-likeness (QED) is 0.314. The van der Waals surface area contributed by atoms with Gasteiger partial charge in [-0.1, -0.05) is 60.7 Å². The van der Waals surface area contributed by atoms with E-state index in [2.05, 4.69) is 60.7 Å². The predicted octanol–water partition coefficient (Wildman–Crippen LogP) is 4.20. The zero-order chi connectivity index (χ0) is 10.5. The summed E-state index contributed by atoms with van der Waals surface area (Å²) in [6.45, 7) is 0. The van der Waals surface area contributed by atoms with Gasteiger partial charge in [0.2, 0.25) is 0 Å². The Morgan fingerprint density at radius 1 is 0.412 bits per heavy atom. The lowest BCUT2D eigenvalue weighted by Gasteiger charge is -2.09. The van der Waals surface area contributed by atoms with E-state index in [9.17, 15) is 0 Å². The van der Waals surface area contributed by atoms with Gasteiger partial charge in [-0.3, -0.25) is 0 Å². The maximum absolute atomic E-state index is 2.21. The Bertz CT molecular complexity index is 672. The molecule has 0 saturated heterocycles. The van der Waals surface area contributed by atoms with Gasteiger partial charge in [-0.2, -0.15) is 0 Å². The normalized spacial score (nSPS) is 11.1. The van der Waals surface area contributed by atoms with Crippen LogP contribution in [0.4, 0.5) is 0 Å². The van der Waals surface area contributed by atoms with Gasteiger partial charge in [0, 0.05) is 11.0 Å². The van der Waals surface area contributed by atoms with Gasteiger partial charge in [-0.05, 0) is 32.3 Å². The summed E-state index contributed by atoms with van der Waals surface area (Å²) in [5, 5.41) is 8.14. The highest BCUT2D eigenvalue weighted by molar-refractivity contribution is 6.22. The molecule has 4 radical (unpaired) electrons. The van der Waals surface area contributed by atoms with Crippen molar-refractivity contribution < 1.29 is 0 Å². The molecule has 0 aliphatic carbocycles. The lowest BCUT2D eigenvalue weighted by molar-refractivity contribution is 1.78. The van der Waals surface area contributed by atoms with E-state index in [0.717, 1.165) is 0 Å². The molecule has 78 valence electrons. The lowest BCUT2D eigenvalue weighted by Crippen LogP contribution is -1.82. The summed E-state index contributed by atoms with van der Waals surface area (Å²) in [4.78, 5) is 0. The van der Waals surface area contributed by atoms with Crippen LogP contribution in [0, 0.1) is 0 Å². The van der Waals surface area contributed by atoms with Gasteiger partial charge >= 0.3 is 0 Å². The Morgan fingerprint density at radius 2 is 0.706 bits per heavy atom. The van der Waals surface area contributed by atoms with E-state index < -0.39 is 0 Å². The summed E-state index contributed by atoms with van der Waals surface area (Å²) >= 11 is 0. The van der Waals surface area contributed by atoms with Crippen molar-refractivity contribution in [3.05, 3.63) is 60.7 Å². The van der Waals surface area contributed by atoms with E-state index in [0.29, 0.717) is 0 Å². The molecule has 0 heterocycles. The third-order valence-electron chi connectivity index (χ3n) is 3.39. The molecule has 0 nitrogen and oxygen atoms in total. The summed E-state index contributed by atoms with van der Waals surface area (Å²) in [5.41, 5.74) is 0. The Labute approximate surface area is 104 Å². The molecule has 4 aromatic rings. The molecule has 0 N–H and O–H groups in total. The second kappa shape index (κ2) is 3.57. The fourth-order valence-electron chi connectivity index (χ4n) is 2.67. The average Bonchev–Trinajstić information content (AvgIpc) is 2.36. The van der Waals surface area contributed by atoms with Gasteiger partial charge in [0.15, 0.2) is 0 Å². The first-order chi connectivity index (χ1) is 7.93. The van der Waals surface area contributed by atoms with Crippen LogP contribution in [0.25, 0.3) is 32.3 Å². The smallest absolute Gasteiger partial charge is 0 e. The SMILES string of the molecule is [Si].c1cc2ccc3cccc4ccc(c1)c2c34. The zero-order valence-corrected chi connectivity index (χ0v) is 10.3. The number of hydrogen-bond donors (Lipinski definition) is 0. The molecule has 0 aliphatic heterocycles. The van der Waals surface area contributed by atoms with Crippen molar-refractivity contribution in [1.82, 2.24) is 0 Å². The standard InChI is InChI=1S/C16H10.Si/c1-3-11-7-9-13-5-2-6-14-10-8-12(4-1)15(11)16(13)14;/h1-10H;. The van der Waals surface area contributed by atoms with Crippen LogP contribution in [0.3, 0.4) is 0 Å². The van der Waals surface area contributed by atoms with Crippen LogP contribution in [0.1, 0.15) is 0 Å². The number of rotatable bonds is 0. The van der Waals surface area contributed by atoms with Crippen molar-refractivity contribution in [1.29, 1.82) is 0 Å². The third-order valence-corrected chi connectivity index (χ3v) is 3.39. The number of hydrogen-bond acceptors (Lipinski definition) is 0. The monoisotopic (exact) mass is 230 g/mol. The van der Waals surface area contributed by atoms with E-state index in [1.165, 1.54) is 32.3 Å². The van der Waals surface area contributed by atoms with Crippen molar-refractivity contribution >= 4 is 43.3 Å². The molecule has 1 heteroatoms. The highest BCUT2D eigenvalue weighted by Crippen LogP contribution is 2.33. The molecule has 0 aromatic heterocycles. The third kappa shape index (κ3) is 1.29. The largest absolute Gasteiger partial charge is 0.0610 e. The molecule has 0 spiro atoms. The minimum Gasteiger partial charge on any atom is -0.0610 e. The maximum atomic E-state index is 2.21. The van der Waals surface area contributed by atoms with Crippen LogP contribution in [-0.4, -0.2) is 11.0 Å². The molecule has 0 fully saturated rings. The number of benzene rings is 4. The minimum absolute atomic E-state index is 0. The van der Waals surface area contributed by atoms with Gasteiger partial charge in [-0.15, -0.1) is 0 Å². The van der Waals surface area contributed by atoms with Gasteiger partial charge < -0.3 is 0 Å². The van der Waals surface area contributed by atoms with E-state index >= 15 is 0 Å². The second-order valence-electron chi connectivity index (χ2n) is 4.29. The molecule has 0 unspecified atom stereocenters. The van der Waals surface area contributed by atoms with Crippen molar-refractivity contribution in [3.63, 3.8) is 0 Å². The van der Waals surface area contributed by atoms with Gasteiger partial charge in [0.25, 0.3) is 0 Å². The first-order valence-corrected chi connectivity index (χ1v) is 5.56. The summed E-state index contributed by atoms with van der Waals surface area (Å²) in [6.07, 6.45) is 0. The predicted molar refractivity (Wildman–Crippen MR) is 75.9 cm³/mol. The van der Waals surface area contributed by atoms with Gasteiger partial charge in [0.1, 0.15) is 0 Å². The molecule has 4 rings (SSSR count). The minimum atomic E-state index is 0. The van der Waals surface area contributed by atoms with Crippen LogP contribution >= 0.6 is 0 Å². The molecule has 17 heavy (non-hydrogen) atoms. The average molecular weight is 230 g/mol. The zero-order valence-electron chi connectivity index (χ0n) is 9.27. The maximum Gasteiger partial charge on any atom is 0 e. The molecule has 0 amide bonds. The Hall–Kier alpha value is -1.86. The molecule has 0 saturated carbocycles. The highest BCUT2D eigenvalue weighted by Gasteiger charge is 2.05. The molecular formula is C16H10Si. The molecular weight excluding hydrogens is 220 g/mol. The van der Waals surface area contributed by atoms with Crippen molar-refractivity contribution in [2.75, 3.05) is 0 Å². The fraction of sp³-hybridized carbons (Fsp3) is 0. The Kier molecular flexibility index (Phi) is 2.16. The van der Waals surface area contributed by atoms with Crippen molar-refractivity contribution in [2.45, 2.75) is 0 Å². The van der Waals surface area contributed by atoms with E-state index in [1.807, 2.05) is 0 Å². The van der Waals surface area contributed by atoms with E-state index in [-0.39, 0.29) is 11.0 Å². The van der Waals surface area contributed by atoms with Crippen LogP contribution in [0.15, 0.2) is 60.7 Å². The topological polar surface area (TPSA) is 0 Å². The molecule has 4 aromatic carbocycles. The second-order valence-corrected chi connectivity index (χ2v) is 4.29. The van der Waals surface area contributed by atoms with Crippen molar-refractivity contribution in [3.8, 4) is 0 Å². The first-order valence-electron chi connectivity index (χ1n) is 5.56. The fourth-order valence-corrected chi connectivity index (χ4v) is 2.67. The van der Waals surface area contributed by atoms with Crippen molar-refractivity contribution in [2.24, 2.45) is 0 Å². The van der Waals surface area contributed by atoms with Crippen LogP contribution in [-0.2, 0) is 0 Å². The highest BCUT2D eigenvalue weighted by atomic mass is 28.1. The lowest BCUT2D eigenvalue weighted by atomic mass is 9.95. The molecule has 0 bridgehead atoms. The Balaban J connectivity index is 0.000000902. The van der Waals surface area contributed by atoms with Crippen LogP contribution < -0.4 is 0 Å². The first kappa shape index (κ1) is 10.3. The summed E-state index contributed by atoms with van der Waals surface area (Å²) in [7, 11) is 0. The van der Waals surface area contributed by atoms with Crippen LogP contribution in [0.2, 0.25) is 0 Å².